The number of esters is 2. The number of carbonyl (C=O) groups is 3. The zero-order chi connectivity index (χ0) is 16.4. The highest BCUT2D eigenvalue weighted by Crippen LogP contribution is 2.29. The summed E-state index contributed by atoms with van der Waals surface area (Å²) in [6.45, 7) is 1.53. The summed E-state index contributed by atoms with van der Waals surface area (Å²) in [6.07, 6.45) is 0.951. The zero-order valence-electron chi connectivity index (χ0n) is 12.4. The maximum absolute atomic E-state index is 12.4. The summed E-state index contributed by atoms with van der Waals surface area (Å²) in [4.78, 5) is 35.1. The molecule has 0 aliphatic carbocycles. The van der Waals surface area contributed by atoms with Crippen LogP contribution >= 0.6 is 0 Å². The van der Waals surface area contributed by atoms with Crippen LogP contribution in [0.25, 0.3) is 0 Å². The fourth-order valence-corrected chi connectivity index (χ4v) is 2.48. The number of hydrogen-bond acceptors (Lipinski definition) is 5. The summed E-state index contributed by atoms with van der Waals surface area (Å²) in [7, 11) is 0. The Bertz CT molecular complexity index is 778. The lowest BCUT2D eigenvalue weighted by Gasteiger charge is -2.32. The van der Waals surface area contributed by atoms with E-state index < -0.39 is 17.5 Å². The Morgan fingerprint density at radius 3 is 2.57 bits per heavy atom. The van der Waals surface area contributed by atoms with Crippen molar-refractivity contribution in [1.29, 1.82) is 0 Å². The smallest absolute Gasteiger partial charge is 0.356 e. The Morgan fingerprint density at radius 1 is 1.17 bits per heavy atom. The second-order valence-corrected chi connectivity index (χ2v) is 5.53. The van der Waals surface area contributed by atoms with Crippen molar-refractivity contribution < 1.29 is 23.9 Å². The molecule has 0 unspecified atom stereocenters. The van der Waals surface area contributed by atoms with Crippen LogP contribution in [0.5, 0.6) is 5.75 Å². The van der Waals surface area contributed by atoms with Gasteiger partial charge in [-0.15, -0.1) is 0 Å². The van der Waals surface area contributed by atoms with Crippen LogP contribution in [0.2, 0.25) is 0 Å². The molecule has 0 radical (unpaired) electrons. The van der Waals surface area contributed by atoms with E-state index in [0.717, 1.165) is 5.56 Å². The molecule has 5 heteroatoms. The number of cyclic esters (lactones) is 1. The molecule has 1 aliphatic heterocycles. The molecule has 0 spiro atoms. The van der Waals surface area contributed by atoms with E-state index in [9.17, 15) is 14.4 Å². The van der Waals surface area contributed by atoms with Gasteiger partial charge in [0.05, 0.1) is 5.56 Å². The Morgan fingerprint density at radius 2 is 1.87 bits per heavy atom. The maximum Gasteiger partial charge on any atom is 0.356 e. The van der Waals surface area contributed by atoms with Crippen LogP contribution in [-0.4, -0.2) is 23.8 Å². The van der Waals surface area contributed by atoms with E-state index in [0.29, 0.717) is 17.4 Å². The molecular formula is C18H14O5. The first kappa shape index (κ1) is 15.0. The molecular weight excluding hydrogens is 296 g/mol. The van der Waals surface area contributed by atoms with Gasteiger partial charge in [0.25, 0.3) is 0 Å². The first-order chi connectivity index (χ1) is 11.0. The number of rotatable bonds is 3. The highest BCUT2D eigenvalue weighted by atomic mass is 16.6. The normalized spacial score (nSPS) is 19.4. The standard InChI is InChI=1S/C18H14O5/c1-18(10-13-4-2-3-5-15(13)16(20)23-18)17(21)22-14-8-6-12(11-19)7-9-14/h2-9,11H,10H2,1H3/t18-/m0/s1. The van der Waals surface area contributed by atoms with Crippen molar-refractivity contribution in [3.63, 3.8) is 0 Å². The van der Waals surface area contributed by atoms with Gasteiger partial charge in [-0.3, -0.25) is 4.79 Å². The molecule has 1 heterocycles. The predicted molar refractivity (Wildman–Crippen MR) is 81.4 cm³/mol. The summed E-state index contributed by atoms with van der Waals surface area (Å²) in [6, 6.07) is 13.1. The Labute approximate surface area is 132 Å². The van der Waals surface area contributed by atoms with Crippen molar-refractivity contribution in [3.8, 4) is 5.75 Å². The van der Waals surface area contributed by atoms with Gasteiger partial charge in [0.1, 0.15) is 12.0 Å². The Balaban J connectivity index is 1.81. The first-order valence-corrected chi connectivity index (χ1v) is 7.10. The molecule has 116 valence electrons. The fraction of sp³-hybridized carbons (Fsp3) is 0.167. The first-order valence-electron chi connectivity index (χ1n) is 7.10. The zero-order valence-corrected chi connectivity index (χ0v) is 12.4. The van der Waals surface area contributed by atoms with Gasteiger partial charge in [0.2, 0.25) is 5.60 Å². The Kier molecular flexibility index (Phi) is 3.70. The third-order valence-electron chi connectivity index (χ3n) is 3.74. The van der Waals surface area contributed by atoms with E-state index in [1.807, 2.05) is 0 Å². The molecule has 1 atom stereocenters. The topological polar surface area (TPSA) is 69.7 Å². The van der Waals surface area contributed by atoms with Gasteiger partial charge in [-0.05, 0) is 42.8 Å². The SMILES string of the molecule is C[C@@]1(C(=O)Oc2ccc(C=O)cc2)Cc2ccccc2C(=O)O1. The molecule has 2 aromatic carbocycles. The maximum atomic E-state index is 12.4. The van der Waals surface area contributed by atoms with Gasteiger partial charge in [-0.1, -0.05) is 18.2 Å². The molecule has 0 fully saturated rings. The van der Waals surface area contributed by atoms with Crippen LogP contribution in [0.1, 0.15) is 33.2 Å². The van der Waals surface area contributed by atoms with E-state index >= 15 is 0 Å². The molecule has 0 N–H and O–H groups in total. The molecule has 0 amide bonds. The summed E-state index contributed by atoms with van der Waals surface area (Å²) in [5, 5.41) is 0. The minimum absolute atomic E-state index is 0.250. The molecule has 2 aromatic rings. The molecule has 1 aliphatic rings. The lowest BCUT2D eigenvalue weighted by Crippen LogP contribution is -2.48. The minimum Gasteiger partial charge on any atom is -0.443 e. The summed E-state index contributed by atoms with van der Waals surface area (Å²) < 4.78 is 10.6. The highest BCUT2D eigenvalue weighted by Gasteiger charge is 2.44. The number of carbonyl (C=O) groups excluding carboxylic acids is 3. The van der Waals surface area contributed by atoms with Crippen LogP contribution in [-0.2, 0) is 16.0 Å². The van der Waals surface area contributed by atoms with E-state index in [-0.39, 0.29) is 12.2 Å². The van der Waals surface area contributed by atoms with Crippen molar-refractivity contribution in [2.24, 2.45) is 0 Å². The van der Waals surface area contributed by atoms with Gasteiger partial charge < -0.3 is 9.47 Å². The van der Waals surface area contributed by atoms with Crippen LogP contribution in [0.15, 0.2) is 48.5 Å². The van der Waals surface area contributed by atoms with Crippen molar-refractivity contribution >= 4 is 18.2 Å². The van der Waals surface area contributed by atoms with E-state index in [4.69, 9.17) is 9.47 Å². The highest BCUT2D eigenvalue weighted by molar-refractivity contribution is 5.96. The average Bonchev–Trinajstić information content (AvgIpc) is 2.55. The van der Waals surface area contributed by atoms with Gasteiger partial charge in [0, 0.05) is 12.0 Å². The van der Waals surface area contributed by atoms with Crippen molar-refractivity contribution in [1.82, 2.24) is 0 Å². The summed E-state index contributed by atoms with van der Waals surface area (Å²) in [5.74, 6) is -0.904. The van der Waals surface area contributed by atoms with Gasteiger partial charge in [-0.2, -0.15) is 0 Å². The minimum atomic E-state index is -1.38. The summed E-state index contributed by atoms with van der Waals surface area (Å²) in [5.41, 5.74) is 0.316. The summed E-state index contributed by atoms with van der Waals surface area (Å²) >= 11 is 0. The molecule has 3 rings (SSSR count). The third-order valence-corrected chi connectivity index (χ3v) is 3.74. The van der Waals surface area contributed by atoms with Crippen LogP contribution in [0.4, 0.5) is 0 Å². The fourth-order valence-electron chi connectivity index (χ4n) is 2.48. The van der Waals surface area contributed by atoms with Crippen LogP contribution in [0, 0.1) is 0 Å². The average molecular weight is 310 g/mol. The number of hydrogen-bond donors (Lipinski definition) is 0. The number of ether oxygens (including phenoxy) is 2. The van der Waals surface area contributed by atoms with Crippen LogP contribution < -0.4 is 4.74 Å². The third kappa shape index (κ3) is 2.85. The molecule has 0 saturated carbocycles. The second kappa shape index (κ2) is 5.68. The van der Waals surface area contributed by atoms with Crippen molar-refractivity contribution in [2.45, 2.75) is 18.9 Å². The number of aldehydes is 1. The molecule has 0 saturated heterocycles. The lowest BCUT2D eigenvalue weighted by molar-refractivity contribution is -0.155. The molecule has 5 nitrogen and oxygen atoms in total. The van der Waals surface area contributed by atoms with E-state index in [1.54, 1.807) is 36.4 Å². The predicted octanol–water partition coefficient (Wildman–Crippen LogP) is 2.58. The van der Waals surface area contributed by atoms with Crippen LogP contribution in [0.3, 0.4) is 0 Å². The van der Waals surface area contributed by atoms with Crippen molar-refractivity contribution in [2.75, 3.05) is 0 Å². The lowest BCUT2D eigenvalue weighted by atomic mass is 9.90. The number of fused-ring (bicyclic) bond motifs is 1. The molecule has 23 heavy (non-hydrogen) atoms. The molecule has 0 bridgehead atoms. The Hall–Kier alpha value is -2.95. The largest absolute Gasteiger partial charge is 0.443 e. The van der Waals surface area contributed by atoms with E-state index in [1.165, 1.54) is 19.1 Å². The van der Waals surface area contributed by atoms with Gasteiger partial charge in [0.15, 0.2) is 0 Å². The quantitative estimate of drug-likeness (QED) is 0.495. The van der Waals surface area contributed by atoms with E-state index in [2.05, 4.69) is 0 Å². The number of benzene rings is 2. The van der Waals surface area contributed by atoms with Gasteiger partial charge in [-0.25, -0.2) is 9.59 Å². The monoisotopic (exact) mass is 310 g/mol. The molecule has 0 aromatic heterocycles. The van der Waals surface area contributed by atoms with Crippen molar-refractivity contribution in [3.05, 3.63) is 65.2 Å². The van der Waals surface area contributed by atoms with Gasteiger partial charge >= 0.3 is 11.9 Å². The second-order valence-electron chi connectivity index (χ2n) is 5.53.